The molecule has 6 heteroatoms. The second-order valence-corrected chi connectivity index (χ2v) is 5.19. The highest BCUT2D eigenvalue weighted by Crippen LogP contribution is 2.31. The zero-order valence-corrected chi connectivity index (χ0v) is 11.4. The van der Waals surface area contributed by atoms with Gasteiger partial charge in [-0.1, -0.05) is 0 Å². The molecule has 3 nitrogen and oxygen atoms in total. The quantitative estimate of drug-likeness (QED) is 0.930. The average molecular weight is 284 g/mol. The SMILES string of the molecule is Cc1nc(-c2ccc(OC(F)F)cc2)sc1C(C)N. The van der Waals surface area contributed by atoms with Crippen molar-refractivity contribution in [1.82, 2.24) is 4.98 Å². The molecule has 0 aliphatic rings. The van der Waals surface area contributed by atoms with Crippen molar-refractivity contribution in [2.24, 2.45) is 5.73 Å². The maximum atomic E-state index is 12.0. The van der Waals surface area contributed by atoms with Crippen LogP contribution in [-0.4, -0.2) is 11.6 Å². The summed E-state index contributed by atoms with van der Waals surface area (Å²) in [7, 11) is 0. The highest BCUT2D eigenvalue weighted by atomic mass is 32.1. The molecule has 0 saturated heterocycles. The topological polar surface area (TPSA) is 48.1 Å². The van der Waals surface area contributed by atoms with E-state index in [9.17, 15) is 8.78 Å². The number of hydrogen-bond acceptors (Lipinski definition) is 4. The maximum absolute atomic E-state index is 12.0. The predicted octanol–water partition coefficient (Wildman–Crippen LogP) is 3.74. The van der Waals surface area contributed by atoms with E-state index in [2.05, 4.69) is 9.72 Å². The van der Waals surface area contributed by atoms with Gasteiger partial charge in [-0.25, -0.2) is 4.98 Å². The third kappa shape index (κ3) is 3.27. The van der Waals surface area contributed by atoms with Gasteiger partial charge in [0.15, 0.2) is 0 Å². The molecule has 0 aliphatic heterocycles. The number of halogens is 2. The lowest BCUT2D eigenvalue weighted by molar-refractivity contribution is -0.0498. The number of rotatable bonds is 4. The van der Waals surface area contributed by atoms with Gasteiger partial charge in [0.25, 0.3) is 0 Å². The molecule has 0 bridgehead atoms. The number of aromatic nitrogens is 1. The van der Waals surface area contributed by atoms with E-state index >= 15 is 0 Å². The van der Waals surface area contributed by atoms with Gasteiger partial charge in [-0.15, -0.1) is 11.3 Å². The Morgan fingerprint density at radius 2 is 1.89 bits per heavy atom. The van der Waals surface area contributed by atoms with Crippen molar-refractivity contribution in [1.29, 1.82) is 0 Å². The minimum Gasteiger partial charge on any atom is -0.435 e. The number of aryl methyl sites for hydroxylation is 1. The Kier molecular flexibility index (Phi) is 4.11. The van der Waals surface area contributed by atoms with E-state index in [1.165, 1.54) is 23.5 Å². The molecule has 0 radical (unpaired) electrons. The van der Waals surface area contributed by atoms with Gasteiger partial charge in [-0.05, 0) is 38.1 Å². The molecular weight excluding hydrogens is 270 g/mol. The second-order valence-electron chi connectivity index (χ2n) is 4.16. The van der Waals surface area contributed by atoms with Crippen LogP contribution in [0, 0.1) is 6.92 Å². The molecule has 1 atom stereocenters. The van der Waals surface area contributed by atoms with Gasteiger partial charge in [0.05, 0.1) is 5.69 Å². The van der Waals surface area contributed by atoms with Crippen LogP contribution in [0.15, 0.2) is 24.3 Å². The van der Waals surface area contributed by atoms with E-state index in [-0.39, 0.29) is 11.8 Å². The first-order chi connectivity index (χ1) is 8.97. The molecule has 1 aromatic heterocycles. The standard InChI is InChI=1S/C13H14F2N2OS/c1-7(16)11-8(2)17-12(19-11)9-3-5-10(6-4-9)18-13(14)15/h3-7,13H,16H2,1-2H3. The van der Waals surface area contributed by atoms with Crippen molar-refractivity contribution >= 4 is 11.3 Å². The maximum Gasteiger partial charge on any atom is 0.387 e. The van der Waals surface area contributed by atoms with Crippen molar-refractivity contribution in [2.45, 2.75) is 26.5 Å². The Bertz CT molecular complexity index is 552. The van der Waals surface area contributed by atoms with Gasteiger partial charge >= 0.3 is 6.61 Å². The largest absolute Gasteiger partial charge is 0.435 e. The second kappa shape index (κ2) is 5.63. The smallest absolute Gasteiger partial charge is 0.387 e. The van der Waals surface area contributed by atoms with Gasteiger partial charge in [-0.2, -0.15) is 8.78 Å². The molecule has 102 valence electrons. The molecule has 0 fully saturated rings. The fourth-order valence-electron chi connectivity index (χ4n) is 1.73. The Balaban J connectivity index is 2.25. The van der Waals surface area contributed by atoms with E-state index < -0.39 is 6.61 Å². The lowest BCUT2D eigenvalue weighted by Crippen LogP contribution is -2.03. The fraction of sp³-hybridized carbons (Fsp3) is 0.308. The van der Waals surface area contributed by atoms with Crippen LogP contribution in [0.25, 0.3) is 10.6 Å². The average Bonchev–Trinajstić information content (AvgIpc) is 2.71. The summed E-state index contributed by atoms with van der Waals surface area (Å²) in [6.07, 6.45) is 0. The molecule has 2 rings (SSSR count). The number of thiazole rings is 1. The van der Waals surface area contributed by atoms with Crippen LogP contribution in [0.3, 0.4) is 0 Å². The molecule has 1 heterocycles. The Morgan fingerprint density at radius 3 is 2.37 bits per heavy atom. The molecule has 0 amide bonds. The number of alkyl halides is 2. The van der Waals surface area contributed by atoms with E-state index in [1.54, 1.807) is 12.1 Å². The summed E-state index contributed by atoms with van der Waals surface area (Å²) in [4.78, 5) is 5.47. The monoisotopic (exact) mass is 284 g/mol. The lowest BCUT2D eigenvalue weighted by Gasteiger charge is -2.04. The van der Waals surface area contributed by atoms with Gasteiger partial charge in [-0.3, -0.25) is 0 Å². The number of ether oxygens (including phenoxy) is 1. The van der Waals surface area contributed by atoms with Crippen LogP contribution in [0.1, 0.15) is 23.5 Å². The Labute approximate surface area is 114 Å². The molecule has 2 N–H and O–H groups in total. The Hall–Kier alpha value is -1.53. The first-order valence-corrected chi connectivity index (χ1v) is 6.57. The van der Waals surface area contributed by atoms with Gasteiger partial charge in [0, 0.05) is 16.5 Å². The van der Waals surface area contributed by atoms with E-state index in [1.807, 2.05) is 13.8 Å². The van der Waals surface area contributed by atoms with E-state index in [0.29, 0.717) is 0 Å². The van der Waals surface area contributed by atoms with E-state index in [0.717, 1.165) is 21.1 Å². The van der Waals surface area contributed by atoms with Crippen LogP contribution in [0.4, 0.5) is 8.78 Å². The van der Waals surface area contributed by atoms with Gasteiger partial charge in [0.2, 0.25) is 0 Å². The fourth-order valence-corrected chi connectivity index (χ4v) is 2.76. The first kappa shape index (κ1) is 13.9. The van der Waals surface area contributed by atoms with Crippen LogP contribution >= 0.6 is 11.3 Å². The van der Waals surface area contributed by atoms with Crippen molar-refractivity contribution < 1.29 is 13.5 Å². The molecular formula is C13H14F2N2OS. The summed E-state index contributed by atoms with van der Waals surface area (Å²) in [6, 6.07) is 6.36. The highest BCUT2D eigenvalue weighted by molar-refractivity contribution is 7.15. The number of nitrogens with two attached hydrogens (primary N) is 1. The third-order valence-electron chi connectivity index (χ3n) is 2.57. The molecule has 2 aromatic rings. The molecule has 0 aliphatic carbocycles. The number of hydrogen-bond donors (Lipinski definition) is 1. The lowest BCUT2D eigenvalue weighted by atomic mass is 10.2. The number of nitrogens with zero attached hydrogens (tertiary/aromatic N) is 1. The van der Waals surface area contributed by atoms with E-state index in [4.69, 9.17) is 5.73 Å². The minimum atomic E-state index is -2.81. The van der Waals surface area contributed by atoms with Crippen LogP contribution < -0.4 is 10.5 Å². The van der Waals surface area contributed by atoms with Crippen molar-refractivity contribution in [3.05, 3.63) is 34.8 Å². The van der Waals surface area contributed by atoms with Gasteiger partial charge in [0.1, 0.15) is 10.8 Å². The minimum absolute atomic E-state index is 0.0623. The first-order valence-electron chi connectivity index (χ1n) is 5.75. The summed E-state index contributed by atoms with van der Waals surface area (Å²) < 4.78 is 28.4. The normalized spacial score (nSPS) is 12.7. The molecule has 0 saturated carbocycles. The Morgan fingerprint density at radius 1 is 1.26 bits per heavy atom. The molecule has 19 heavy (non-hydrogen) atoms. The summed E-state index contributed by atoms with van der Waals surface area (Å²) in [5.74, 6) is 0.138. The zero-order chi connectivity index (χ0) is 14.0. The van der Waals surface area contributed by atoms with Gasteiger partial charge < -0.3 is 10.5 Å². The zero-order valence-electron chi connectivity index (χ0n) is 10.6. The molecule has 1 unspecified atom stereocenters. The van der Waals surface area contributed by atoms with Crippen molar-refractivity contribution in [3.8, 4) is 16.3 Å². The van der Waals surface area contributed by atoms with Crippen molar-refractivity contribution in [2.75, 3.05) is 0 Å². The number of benzene rings is 1. The van der Waals surface area contributed by atoms with Crippen LogP contribution in [-0.2, 0) is 0 Å². The third-order valence-corrected chi connectivity index (χ3v) is 3.98. The highest BCUT2D eigenvalue weighted by Gasteiger charge is 2.12. The summed E-state index contributed by atoms with van der Waals surface area (Å²) in [5, 5.41) is 0.827. The predicted molar refractivity (Wildman–Crippen MR) is 71.5 cm³/mol. The van der Waals surface area contributed by atoms with Crippen LogP contribution in [0.2, 0.25) is 0 Å². The summed E-state index contributed by atoms with van der Waals surface area (Å²) in [5.41, 5.74) is 7.62. The van der Waals surface area contributed by atoms with Crippen LogP contribution in [0.5, 0.6) is 5.75 Å². The molecule has 1 aromatic carbocycles. The molecule has 0 spiro atoms. The summed E-state index contributed by atoms with van der Waals surface area (Å²) in [6.45, 7) is 1.01. The van der Waals surface area contributed by atoms with Crippen molar-refractivity contribution in [3.63, 3.8) is 0 Å². The summed E-state index contributed by atoms with van der Waals surface area (Å²) >= 11 is 1.52.